The molecule has 2 heterocycles. The number of benzene rings is 9. The average molecular weight is 747 g/mol. The predicted octanol–water partition coefficient (Wildman–Crippen LogP) is 15.3. The van der Waals surface area contributed by atoms with Gasteiger partial charge in [0.2, 0.25) is 0 Å². The van der Waals surface area contributed by atoms with Gasteiger partial charge in [0.15, 0.2) is 0 Å². The largest absolute Gasteiger partial charge is 0.456 e. The summed E-state index contributed by atoms with van der Waals surface area (Å²) in [5, 5.41) is 4.18. The number of fused-ring (bicyclic) bond motifs is 6. The van der Waals surface area contributed by atoms with Crippen molar-refractivity contribution < 1.29 is 8.81 Å². The highest BCUT2D eigenvalue weighted by Gasteiger charge is 2.17. The Morgan fingerprint density at radius 1 is 0.379 bits per heavy atom. The molecular formula is C54H35FN2O. The molecule has 0 radical (unpaired) electrons. The molecule has 0 atom stereocenters. The van der Waals surface area contributed by atoms with Crippen LogP contribution in [-0.4, -0.2) is 4.57 Å². The van der Waals surface area contributed by atoms with Crippen molar-refractivity contribution in [2.45, 2.75) is 0 Å². The van der Waals surface area contributed by atoms with E-state index in [-0.39, 0.29) is 5.82 Å². The van der Waals surface area contributed by atoms with Crippen LogP contribution in [0.4, 0.5) is 21.5 Å². The topological polar surface area (TPSA) is 21.3 Å². The summed E-state index contributed by atoms with van der Waals surface area (Å²) in [7, 11) is 0. The first kappa shape index (κ1) is 33.6. The van der Waals surface area contributed by atoms with Crippen LogP contribution in [0.3, 0.4) is 0 Å². The average Bonchev–Trinajstić information content (AvgIpc) is 3.83. The zero-order chi connectivity index (χ0) is 38.6. The Kier molecular flexibility index (Phi) is 8.00. The van der Waals surface area contributed by atoms with Crippen molar-refractivity contribution in [1.82, 2.24) is 4.57 Å². The van der Waals surface area contributed by atoms with Crippen LogP contribution in [0.2, 0.25) is 0 Å². The maximum Gasteiger partial charge on any atom is 0.136 e. The molecule has 0 aliphatic rings. The maximum absolute atomic E-state index is 14.4. The summed E-state index contributed by atoms with van der Waals surface area (Å²) in [6, 6.07) is 73.2. The summed E-state index contributed by atoms with van der Waals surface area (Å²) < 4.78 is 22.9. The van der Waals surface area contributed by atoms with E-state index in [4.69, 9.17) is 4.42 Å². The first-order chi connectivity index (χ1) is 28.7. The van der Waals surface area contributed by atoms with E-state index in [0.29, 0.717) is 0 Å². The number of para-hydroxylation sites is 2. The molecule has 0 fully saturated rings. The van der Waals surface area contributed by atoms with Crippen LogP contribution in [0, 0.1) is 5.82 Å². The third kappa shape index (κ3) is 5.74. The Morgan fingerprint density at radius 3 is 1.79 bits per heavy atom. The van der Waals surface area contributed by atoms with Gasteiger partial charge in [-0.25, -0.2) is 4.39 Å². The molecule has 9 aromatic carbocycles. The molecule has 0 N–H and O–H groups in total. The minimum atomic E-state index is -0.235. The number of anilines is 3. The fourth-order valence-electron chi connectivity index (χ4n) is 8.56. The van der Waals surface area contributed by atoms with E-state index in [1.54, 1.807) is 6.07 Å². The molecule has 0 unspecified atom stereocenters. The van der Waals surface area contributed by atoms with Gasteiger partial charge in [0.25, 0.3) is 0 Å². The lowest BCUT2D eigenvalue weighted by atomic mass is 9.99. The van der Waals surface area contributed by atoms with E-state index in [2.05, 4.69) is 173 Å². The van der Waals surface area contributed by atoms with Crippen molar-refractivity contribution in [2.75, 3.05) is 4.90 Å². The molecule has 4 heteroatoms. The van der Waals surface area contributed by atoms with Crippen molar-refractivity contribution >= 4 is 60.8 Å². The van der Waals surface area contributed by atoms with Crippen LogP contribution in [0.5, 0.6) is 0 Å². The molecule has 274 valence electrons. The Balaban J connectivity index is 0.993. The molecule has 0 aliphatic heterocycles. The van der Waals surface area contributed by atoms with Crippen molar-refractivity contribution in [3.63, 3.8) is 0 Å². The highest BCUT2D eigenvalue weighted by Crippen LogP contribution is 2.41. The van der Waals surface area contributed by atoms with Gasteiger partial charge in [0, 0.05) is 44.3 Å². The number of nitrogens with zero attached hydrogens (tertiary/aromatic N) is 2. The first-order valence-electron chi connectivity index (χ1n) is 19.5. The molecule has 2 aromatic heterocycles. The molecule has 11 aromatic rings. The van der Waals surface area contributed by atoms with Crippen molar-refractivity contribution in [1.29, 1.82) is 0 Å². The van der Waals surface area contributed by atoms with Gasteiger partial charge in [-0.2, -0.15) is 0 Å². The summed E-state index contributed by atoms with van der Waals surface area (Å²) in [5.74, 6) is -0.235. The van der Waals surface area contributed by atoms with Gasteiger partial charge in [-0.15, -0.1) is 0 Å². The second-order valence-corrected chi connectivity index (χ2v) is 14.7. The van der Waals surface area contributed by atoms with Crippen molar-refractivity contribution in [3.8, 4) is 39.1 Å². The zero-order valence-electron chi connectivity index (χ0n) is 31.4. The fraction of sp³-hybridized carbons (Fsp3) is 0. The molecule has 0 saturated carbocycles. The highest BCUT2D eigenvalue weighted by molar-refractivity contribution is 6.12. The molecule has 0 saturated heterocycles. The van der Waals surface area contributed by atoms with Crippen LogP contribution in [0.1, 0.15) is 0 Å². The van der Waals surface area contributed by atoms with Gasteiger partial charge < -0.3 is 13.9 Å². The van der Waals surface area contributed by atoms with E-state index >= 15 is 0 Å². The second kappa shape index (κ2) is 13.8. The van der Waals surface area contributed by atoms with Gasteiger partial charge in [0.05, 0.1) is 11.0 Å². The molecule has 11 rings (SSSR count). The van der Waals surface area contributed by atoms with Crippen LogP contribution < -0.4 is 4.90 Å². The molecule has 58 heavy (non-hydrogen) atoms. The molecule has 0 aliphatic carbocycles. The zero-order valence-corrected chi connectivity index (χ0v) is 31.4. The normalized spacial score (nSPS) is 11.5. The monoisotopic (exact) mass is 746 g/mol. The summed E-state index contributed by atoms with van der Waals surface area (Å²) in [6.07, 6.45) is 0. The summed E-state index contributed by atoms with van der Waals surface area (Å²) in [6.45, 7) is 0. The minimum Gasteiger partial charge on any atom is -0.456 e. The predicted molar refractivity (Wildman–Crippen MR) is 239 cm³/mol. The van der Waals surface area contributed by atoms with Gasteiger partial charge in [-0.1, -0.05) is 127 Å². The van der Waals surface area contributed by atoms with Crippen molar-refractivity contribution in [3.05, 3.63) is 218 Å². The molecule has 0 bridgehead atoms. The lowest BCUT2D eigenvalue weighted by Gasteiger charge is -2.26. The summed E-state index contributed by atoms with van der Waals surface area (Å²) in [5.41, 5.74) is 14.8. The summed E-state index contributed by atoms with van der Waals surface area (Å²) >= 11 is 0. The Labute approximate surface area is 335 Å². The lowest BCUT2D eigenvalue weighted by Crippen LogP contribution is -2.10. The smallest absolute Gasteiger partial charge is 0.136 e. The second-order valence-electron chi connectivity index (χ2n) is 14.7. The molecule has 3 nitrogen and oxygen atoms in total. The van der Waals surface area contributed by atoms with E-state index in [9.17, 15) is 4.39 Å². The summed E-state index contributed by atoms with van der Waals surface area (Å²) in [4.78, 5) is 2.32. The molecular weight excluding hydrogens is 712 g/mol. The van der Waals surface area contributed by atoms with E-state index < -0.39 is 0 Å². The third-order valence-electron chi connectivity index (χ3n) is 11.2. The number of rotatable bonds is 7. The van der Waals surface area contributed by atoms with Crippen LogP contribution in [-0.2, 0) is 0 Å². The van der Waals surface area contributed by atoms with E-state index in [1.165, 1.54) is 11.6 Å². The fourth-order valence-corrected chi connectivity index (χ4v) is 8.56. The number of halogens is 1. The van der Waals surface area contributed by atoms with E-state index in [1.807, 2.05) is 36.4 Å². The number of hydrogen-bond acceptors (Lipinski definition) is 2. The Hall–Kier alpha value is -7.69. The van der Waals surface area contributed by atoms with Gasteiger partial charge in [-0.05, 0) is 118 Å². The van der Waals surface area contributed by atoms with Crippen LogP contribution in [0.25, 0.3) is 82.8 Å². The highest BCUT2D eigenvalue weighted by atomic mass is 19.1. The number of aromatic nitrogens is 1. The van der Waals surface area contributed by atoms with E-state index in [0.717, 1.165) is 94.3 Å². The quantitative estimate of drug-likeness (QED) is 0.162. The number of furan rings is 1. The van der Waals surface area contributed by atoms with Crippen molar-refractivity contribution in [2.24, 2.45) is 0 Å². The van der Waals surface area contributed by atoms with Crippen LogP contribution in [0.15, 0.2) is 217 Å². The molecule has 0 amide bonds. The lowest BCUT2D eigenvalue weighted by molar-refractivity contribution is 0.629. The SMILES string of the molecule is Fc1ccc2c(c1)c1ccccc1n2-c1cccc(-c2ccc(N(c3ccc(-c4cccc5oc6ccccc6c45)cc3)c3cccc(-c4ccccc4)c3)cc2)c1. The van der Waals surface area contributed by atoms with Gasteiger partial charge in [0.1, 0.15) is 17.0 Å². The molecule has 0 spiro atoms. The minimum absolute atomic E-state index is 0.235. The van der Waals surface area contributed by atoms with Gasteiger partial charge >= 0.3 is 0 Å². The third-order valence-corrected chi connectivity index (χ3v) is 11.2. The van der Waals surface area contributed by atoms with Gasteiger partial charge in [-0.3, -0.25) is 0 Å². The maximum atomic E-state index is 14.4. The Morgan fingerprint density at radius 2 is 0.983 bits per heavy atom. The standard InChI is InChI=1S/C54H35FN2O/c55-41-27-32-51-49(35-41)47-17-4-6-20-50(47)57(51)45-16-9-14-40(34-45)37-23-28-42(29-24-37)56(44-15-8-13-39(33-44)36-11-2-1-3-12-36)43-30-25-38(26-31-43)46-19-10-22-53-54(46)48-18-5-7-21-52(48)58-53/h1-35H. The first-order valence-corrected chi connectivity index (χ1v) is 19.5. The Bertz CT molecular complexity index is 3290. The number of hydrogen-bond donors (Lipinski definition) is 0. The van der Waals surface area contributed by atoms with Crippen LogP contribution >= 0.6 is 0 Å².